The maximum atomic E-state index is 12.7. The number of urea groups is 1. The predicted molar refractivity (Wildman–Crippen MR) is 116 cm³/mol. The van der Waals surface area contributed by atoms with Gasteiger partial charge >= 0.3 is 12.2 Å². The summed E-state index contributed by atoms with van der Waals surface area (Å²) in [5.74, 6) is -0.756. The van der Waals surface area contributed by atoms with Crippen LogP contribution in [-0.4, -0.2) is 28.2 Å². The van der Waals surface area contributed by atoms with E-state index in [-0.39, 0.29) is 16.7 Å². The lowest BCUT2D eigenvalue weighted by molar-refractivity contribution is -0.137. The van der Waals surface area contributed by atoms with Gasteiger partial charge in [0.25, 0.3) is 0 Å². The highest BCUT2D eigenvalue weighted by molar-refractivity contribution is 7.18. The van der Waals surface area contributed by atoms with Gasteiger partial charge in [-0.2, -0.15) is 13.2 Å². The summed E-state index contributed by atoms with van der Waals surface area (Å²) in [4.78, 5) is 25.0. The van der Waals surface area contributed by atoms with Gasteiger partial charge in [0.15, 0.2) is 0 Å². The highest BCUT2D eigenvalue weighted by atomic mass is 32.1. The first kappa shape index (κ1) is 23.2. The average Bonchev–Trinajstić information content (AvgIpc) is 3.20. The van der Waals surface area contributed by atoms with Crippen molar-refractivity contribution >= 4 is 34.1 Å². The van der Waals surface area contributed by atoms with Crippen LogP contribution in [0.25, 0.3) is 10.6 Å². The molecule has 0 spiro atoms. The number of carbonyl (C=O) groups excluding carboxylic acids is 2. The van der Waals surface area contributed by atoms with Crippen molar-refractivity contribution < 1.29 is 22.8 Å². The second-order valence-corrected chi connectivity index (χ2v) is 8.14. The lowest BCUT2D eigenvalue weighted by atomic mass is 10.0. The zero-order valence-corrected chi connectivity index (χ0v) is 17.9. The molecular weight excluding hydrogens is 443 g/mol. The monoisotopic (exact) mass is 463 g/mol. The highest BCUT2D eigenvalue weighted by Crippen LogP contribution is 2.30. The Morgan fingerprint density at radius 1 is 0.938 bits per heavy atom. The summed E-state index contributed by atoms with van der Waals surface area (Å²) in [6.07, 6.45) is -4.47. The Bertz CT molecular complexity index is 1070. The Morgan fingerprint density at radius 2 is 1.59 bits per heavy atom. The van der Waals surface area contributed by atoms with Crippen molar-refractivity contribution in [1.29, 1.82) is 0 Å². The molecule has 2 aromatic carbocycles. The first-order chi connectivity index (χ1) is 15.1. The molecule has 0 saturated carbocycles. The molecule has 7 nitrogen and oxygen atoms in total. The van der Waals surface area contributed by atoms with E-state index in [0.29, 0.717) is 5.01 Å². The molecule has 0 saturated heterocycles. The molecule has 11 heteroatoms. The SMILES string of the molecule is CC(C)C(NC(=O)Nc1ccc(C(F)(F)F)cc1)C(=O)Nc1nnc(-c2ccccc2)s1. The van der Waals surface area contributed by atoms with Crippen molar-refractivity contribution in [2.45, 2.75) is 26.1 Å². The first-order valence-electron chi connectivity index (χ1n) is 9.58. The molecule has 0 aliphatic heterocycles. The smallest absolute Gasteiger partial charge is 0.326 e. The molecule has 0 bridgehead atoms. The van der Waals surface area contributed by atoms with Gasteiger partial charge in [-0.25, -0.2) is 4.79 Å². The molecule has 3 N–H and O–H groups in total. The van der Waals surface area contributed by atoms with E-state index in [2.05, 4.69) is 26.1 Å². The van der Waals surface area contributed by atoms with E-state index in [9.17, 15) is 22.8 Å². The molecule has 3 amide bonds. The van der Waals surface area contributed by atoms with Crippen molar-refractivity contribution in [3.63, 3.8) is 0 Å². The third-order valence-electron chi connectivity index (χ3n) is 4.38. The van der Waals surface area contributed by atoms with Gasteiger partial charge in [0.05, 0.1) is 5.56 Å². The van der Waals surface area contributed by atoms with Crippen LogP contribution in [0.5, 0.6) is 0 Å². The Labute approximate surface area is 186 Å². The van der Waals surface area contributed by atoms with Gasteiger partial charge < -0.3 is 10.6 Å². The van der Waals surface area contributed by atoms with Crippen LogP contribution < -0.4 is 16.0 Å². The number of alkyl halides is 3. The Hall–Kier alpha value is -3.47. The maximum absolute atomic E-state index is 12.7. The number of hydrogen-bond donors (Lipinski definition) is 3. The molecule has 0 aliphatic rings. The van der Waals surface area contributed by atoms with Crippen LogP contribution in [0.2, 0.25) is 0 Å². The minimum absolute atomic E-state index is 0.162. The van der Waals surface area contributed by atoms with Gasteiger partial charge in [0.2, 0.25) is 11.0 Å². The number of rotatable bonds is 6. The van der Waals surface area contributed by atoms with E-state index in [1.807, 2.05) is 30.3 Å². The number of amides is 3. The van der Waals surface area contributed by atoms with Crippen LogP contribution in [0.1, 0.15) is 19.4 Å². The number of benzene rings is 2. The molecule has 1 unspecified atom stereocenters. The van der Waals surface area contributed by atoms with Gasteiger partial charge in [-0.3, -0.25) is 10.1 Å². The number of hydrogen-bond acceptors (Lipinski definition) is 5. The summed E-state index contributed by atoms with van der Waals surface area (Å²) < 4.78 is 38.0. The summed E-state index contributed by atoms with van der Waals surface area (Å²) in [5.41, 5.74) is 0.199. The fraction of sp³-hybridized carbons (Fsp3) is 0.238. The topological polar surface area (TPSA) is 96.0 Å². The van der Waals surface area contributed by atoms with Crippen LogP contribution >= 0.6 is 11.3 Å². The fourth-order valence-electron chi connectivity index (χ4n) is 2.74. The van der Waals surface area contributed by atoms with E-state index in [1.165, 1.54) is 11.3 Å². The molecule has 3 rings (SSSR count). The Morgan fingerprint density at radius 3 is 2.19 bits per heavy atom. The minimum Gasteiger partial charge on any atom is -0.326 e. The summed E-state index contributed by atoms with van der Waals surface area (Å²) in [5, 5.41) is 16.6. The Kier molecular flexibility index (Phi) is 7.08. The first-order valence-corrected chi connectivity index (χ1v) is 10.4. The molecular formula is C21H20F3N5O2S. The van der Waals surface area contributed by atoms with Crippen molar-refractivity contribution in [1.82, 2.24) is 15.5 Å². The van der Waals surface area contributed by atoms with Crippen LogP contribution in [0, 0.1) is 5.92 Å². The number of nitrogens with zero attached hydrogens (tertiary/aromatic N) is 2. The van der Waals surface area contributed by atoms with E-state index >= 15 is 0 Å². The molecule has 1 aromatic heterocycles. The van der Waals surface area contributed by atoms with Gasteiger partial charge in [-0.05, 0) is 30.2 Å². The average molecular weight is 463 g/mol. The van der Waals surface area contributed by atoms with Crippen LogP contribution in [-0.2, 0) is 11.0 Å². The highest BCUT2D eigenvalue weighted by Gasteiger charge is 2.30. The van der Waals surface area contributed by atoms with Gasteiger partial charge in [-0.1, -0.05) is 55.5 Å². The molecule has 3 aromatic rings. The van der Waals surface area contributed by atoms with Crippen molar-refractivity contribution in [3.8, 4) is 10.6 Å². The second kappa shape index (κ2) is 9.77. The lowest BCUT2D eigenvalue weighted by Gasteiger charge is -2.21. The molecule has 32 heavy (non-hydrogen) atoms. The van der Waals surface area contributed by atoms with Gasteiger partial charge in [-0.15, -0.1) is 10.2 Å². The summed E-state index contributed by atoms with van der Waals surface area (Å²) >= 11 is 1.19. The molecule has 0 aliphatic carbocycles. The normalized spacial score (nSPS) is 12.3. The van der Waals surface area contributed by atoms with E-state index in [1.54, 1.807) is 13.8 Å². The van der Waals surface area contributed by atoms with Crippen LogP contribution in [0.3, 0.4) is 0 Å². The number of anilines is 2. The van der Waals surface area contributed by atoms with E-state index < -0.39 is 29.7 Å². The minimum atomic E-state index is -4.47. The number of halogens is 3. The summed E-state index contributed by atoms with van der Waals surface area (Å²) in [7, 11) is 0. The maximum Gasteiger partial charge on any atom is 0.416 e. The van der Waals surface area contributed by atoms with Gasteiger partial charge in [0.1, 0.15) is 11.0 Å². The largest absolute Gasteiger partial charge is 0.416 e. The van der Waals surface area contributed by atoms with Crippen molar-refractivity contribution in [2.75, 3.05) is 10.6 Å². The van der Waals surface area contributed by atoms with Gasteiger partial charge in [0, 0.05) is 11.3 Å². The molecule has 1 heterocycles. The number of nitrogens with one attached hydrogen (secondary N) is 3. The quantitative estimate of drug-likeness (QED) is 0.479. The molecule has 1 atom stereocenters. The fourth-order valence-corrected chi connectivity index (χ4v) is 3.49. The zero-order valence-electron chi connectivity index (χ0n) is 17.1. The third-order valence-corrected chi connectivity index (χ3v) is 5.27. The molecule has 0 fully saturated rings. The second-order valence-electron chi connectivity index (χ2n) is 7.16. The van der Waals surface area contributed by atoms with Crippen LogP contribution in [0.4, 0.5) is 28.8 Å². The third kappa shape index (κ3) is 6.03. The van der Waals surface area contributed by atoms with E-state index in [4.69, 9.17) is 0 Å². The van der Waals surface area contributed by atoms with Crippen molar-refractivity contribution in [3.05, 3.63) is 60.2 Å². The summed E-state index contributed by atoms with van der Waals surface area (Å²) in [6, 6.07) is 11.7. The Balaban J connectivity index is 1.61. The number of carbonyl (C=O) groups is 2. The zero-order chi connectivity index (χ0) is 23.3. The predicted octanol–water partition coefficient (Wildman–Crippen LogP) is 5.01. The van der Waals surface area contributed by atoms with E-state index in [0.717, 1.165) is 29.8 Å². The molecule has 0 radical (unpaired) electrons. The lowest BCUT2D eigenvalue weighted by Crippen LogP contribution is -2.48. The standard InChI is InChI=1S/C21H20F3N5O2S/c1-12(2)16(26-19(31)25-15-10-8-14(9-11-15)21(22,23)24)17(30)27-20-29-28-18(32-20)13-6-4-3-5-7-13/h3-12,16H,1-2H3,(H2,25,26,31)(H,27,29,30). The number of aromatic nitrogens is 2. The molecule has 168 valence electrons. The van der Waals surface area contributed by atoms with Crippen LogP contribution in [0.15, 0.2) is 54.6 Å². The van der Waals surface area contributed by atoms with Crippen molar-refractivity contribution in [2.24, 2.45) is 5.92 Å². The summed E-state index contributed by atoms with van der Waals surface area (Å²) in [6.45, 7) is 3.50.